The van der Waals surface area contributed by atoms with Gasteiger partial charge in [-0.3, -0.25) is 9.59 Å². The zero-order valence-corrected chi connectivity index (χ0v) is 21.6. The lowest BCUT2D eigenvalue weighted by Crippen LogP contribution is -2.56. The van der Waals surface area contributed by atoms with Crippen LogP contribution in [0.15, 0.2) is 24.3 Å². The average molecular weight is 470 g/mol. The minimum Gasteiger partial charge on any atom is -0.444 e. The van der Waals surface area contributed by atoms with Crippen LogP contribution in [0, 0.1) is 24.2 Å². The number of nitrogens with zero attached hydrogens (tertiary/aromatic N) is 1. The number of amides is 3. The number of carbonyl (C=O) groups excluding carboxylic acids is 3. The van der Waals surface area contributed by atoms with Crippen molar-refractivity contribution in [2.24, 2.45) is 11.8 Å². The summed E-state index contributed by atoms with van der Waals surface area (Å²) in [5.74, 6) is 2.02. The molecule has 1 saturated carbocycles. The molecule has 0 heterocycles. The summed E-state index contributed by atoms with van der Waals surface area (Å²) in [5.41, 5.74) is 0.444. The minimum absolute atomic E-state index is 0.123. The normalized spacial score (nSPS) is 19.1. The maximum atomic E-state index is 14.0. The van der Waals surface area contributed by atoms with Crippen LogP contribution in [-0.2, 0) is 14.3 Å². The molecule has 1 aliphatic carbocycles. The van der Waals surface area contributed by atoms with Crippen molar-refractivity contribution in [3.05, 3.63) is 35.4 Å². The monoisotopic (exact) mass is 469 g/mol. The molecule has 4 atom stereocenters. The quantitative estimate of drug-likeness (QED) is 0.563. The number of terminal acetylenes is 1. The third-order valence-electron chi connectivity index (χ3n) is 5.65. The molecule has 1 aromatic rings. The second kappa shape index (κ2) is 10.9. The van der Waals surface area contributed by atoms with E-state index in [9.17, 15) is 14.4 Å². The highest BCUT2D eigenvalue weighted by molar-refractivity contribution is 5.93. The van der Waals surface area contributed by atoms with E-state index in [1.165, 1.54) is 0 Å². The van der Waals surface area contributed by atoms with E-state index in [0.717, 1.165) is 6.42 Å². The van der Waals surface area contributed by atoms with Gasteiger partial charge in [-0.2, -0.15) is 0 Å². The predicted octanol–water partition coefficient (Wildman–Crippen LogP) is 4.02. The second-order valence-corrected chi connectivity index (χ2v) is 10.7. The van der Waals surface area contributed by atoms with Crippen LogP contribution in [0.5, 0.6) is 0 Å². The molecule has 186 valence electrons. The highest BCUT2D eigenvalue weighted by Gasteiger charge is 2.49. The van der Waals surface area contributed by atoms with Gasteiger partial charge in [0, 0.05) is 17.6 Å². The zero-order chi connectivity index (χ0) is 25.8. The first-order valence-electron chi connectivity index (χ1n) is 11.9. The molecule has 0 bridgehead atoms. The lowest BCUT2D eigenvalue weighted by Gasteiger charge is -2.36. The van der Waals surface area contributed by atoms with E-state index in [1.807, 2.05) is 46.8 Å². The van der Waals surface area contributed by atoms with E-state index in [0.29, 0.717) is 11.1 Å². The largest absolute Gasteiger partial charge is 0.444 e. The first-order chi connectivity index (χ1) is 15.8. The molecule has 0 aliphatic heterocycles. The Morgan fingerprint density at radius 3 is 2.18 bits per heavy atom. The lowest BCUT2D eigenvalue weighted by atomic mass is 9.95. The van der Waals surface area contributed by atoms with Gasteiger partial charge in [0.05, 0.1) is 0 Å². The van der Waals surface area contributed by atoms with Crippen LogP contribution in [0.3, 0.4) is 0 Å². The first kappa shape index (κ1) is 27.2. The zero-order valence-electron chi connectivity index (χ0n) is 21.6. The molecule has 1 fully saturated rings. The fraction of sp³-hybridized carbons (Fsp3) is 0.593. The number of carbonyl (C=O) groups is 3. The molecule has 34 heavy (non-hydrogen) atoms. The van der Waals surface area contributed by atoms with Gasteiger partial charge >= 0.3 is 6.09 Å². The summed E-state index contributed by atoms with van der Waals surface area (Å²) in [6, 6.07) is 5.13. The Hall–Kier alpha value is -3.01. The molecular weight excluding hydrogens is 430 g/mol. The topological polar surface area (TPSA) is 87.7 Å². The van der Waals surface area contributed by atoms with Crippen LogP contribution in [-0.4, -0.2) is 46.5 Å². The van der Waals surface area contributed by atoms with Crippen LogP contribution in [0.2, 0.25) is 0 Å². The van der Waals surface area contributed by atoms with Crippen molar-refractivity contribution in [1.29, 1.82) is 0 Å². The summed E-state index contributed by atoms with van der Waals surface area (Å²) < 4.78 is 5.40. The average Bonchev–Trinajstić information content (AvgIpc) is 3.43. The van der Waals surface area contributed by atoms with Crippen molar-refractivity contribution in [3.8, 4) is 12.3 Å². The summed E-state index contributed by atoms with van der Waals surface area (Å²) >= 11 is 0. The number of alkyl carbamates (subject to hydrolysis) is 1. The Kier molecular flexibility index (Phi) is 8.77. The van der Waals surface area contributed by atoms with E-state index >= 15 is 0 Å². The summed E-state index contributed by atoms with van der Waals surface area (Å²) in [6.07, 6.45) is 5.86. The van der Waals surface area contributed by atoms with Gasteiger partial charge in [-0.05, 0) is 64.5 Å². The van der Waals surface area contributed by atoms with E-state index in [4.69, 9.17) is 11.2 Å². The Morgan fingerprint density at radius 1 is 1.12 bits per heavy atom. The molecule has 7 heteroatoms. The predicted molar refractivity (Wildman–Crippen MR) is 133 cm³/mol. The van der Waals surface area contributed by atoms with Crippen LogP contribution in [0.4, 0.5) is 4.79 Å². The molecular formula is C27H39N3O4. The number of benzene rings is 1. The highest BCUT2D eigenvalue weighted by Crippen LogP contribution is 2.41. The lowest BCUT2D eigenvalue weighted by molar-refractivity contribution is -0.144. The van der Waals surface area contributed by atoms with Crippen molar-refractivity contribution in [1.82, 2.24) is 15.5 Å². The number of rotatable bonds is 8. The van der Waals surface area contributed by atoms with Gasteiger partial charge in [-0.1, -0.05) is 44.9 Å². The van der Waals surface area contributed by atoms with E-state index in [2.05, 4.69) is 16.6 Å². The van der Waals surface area contributed by atoms with Crippen molar-refractivity contribution in [2.75, 3.05) is 0 Å². The fourth-order valence-corrected chi connectivity index (χ4v) is 3.93. The van der Waals surface area contributed by atoms with Gasteiger partial charge in [0.2, 0.25) is 11.8 Å². The van der Waals surface area contributed by atoms with Crippen molar-refractivity contribution in [2.45, 2.75) is 91.6 Å². The third kappa shape index (κ3) is 6.99. The minimum atomic E-state index is -0.918. The number of nitrogens with one attached hydrogen (secondary N) is 2. The number of hydrogen-bond acceptors (Lipinski definition) is 4. The van der Waals surface area contributed by atoms with Gasteiger partial charge in [0.25, 0.3) is 0 Å². The standard InChI is InChI=1S/C27H39N3O4/c1-10-19-13-11-12-14-20(19)23(24(31)28-17(4)5)30(21-15-18(21)6)25(32)22(16(2)3)29-26(33)34-27(7,8)9/h1,11-14,16-18,21-23H,15H2,2-9H3,(H,28,31)(H,29,33). The highest BCUT2D eigenvalue weighted by atomic mass is 16.6. The number of ether oxygens (including phenoxy) is 1. The molecule has 2 N–H and O–H groups in total. The van der Waals surface area contributed by atoms with Crippen LogP contribution in [0.25, 0.3) is 0 Å². The van der Waals surface area contributed by atoms with Gasteiger partial charge < -0.3 is 20.3 Å². The van der Waals surface area contributed by atoms with Crippen molar-refractivity contribution in [3.63, 3.8) is 0 Å². The van der Waals surface area contributed by atoms with Gasteiger partial charge in [-0.15, -0.1) is 6.42 Å². The molecule has 0 saturated heterocycles. The summed E-state index contributed by atoms with van der Waals surface area (Å²) in [4.78, 5) is 41.8. The molecule has 3 amide bonds. The fourth-order valence-electron chi connectivity index (χ4n) is 3.93. The SMILES string of the molecule is C#Cc1ccccc1C(C(=O)NC(C)C)N(C(=O)C(NC(=O)OC(C)(C)C)C(C)C)C1CC1C. The molecule has 2 rings (SSSR count). The summed E-state index contributed by atoms with van der Waals surface area (Å²) in [7, 11) is 0. The summed E-state index contributed by atoms with van der Waals surface area (Å²) in [6.45, 7) is 14.8. The third-order valence-corrected chi connectivity index (χ3v) is 5.65. The molecule has 7 nitrogen and oxygen atoms in total. The van der Waals surface area contributed by atoms with Gasteiger partial charge in [-0.25, -0.2) is 4.79 Å². The van der Waals surface area contributed by atoms with Gasteiger partial charge in [0.15, 0.2) is 0 Å². The van der Waals surface area contributed by atoms with E-state index in [-0.39, 0.29) is 35.7 Å². The second-order valence-electron chi connectivity index (χ2n) is 10.7. The van der Waals surface area contributed by atoms with E-state index in [1.54, 1.807) is 37.8 Å². The maximum Gasteiger partial charge on any atom is 0.408 e. The van der Waals surface area contributed by atoms with E-state index < -0.39 is 23.8 Å². The van der Waals surface area contributed by atoms with Crippen molar-refractivity contribution < 1.29 is 19.1 Å². The summed E-state index contributed by atoms with van der Waals surface area (Å²) in [5, 5.41) is 5.69. The van der Waals surface area contributed by atoms with Gasteiger partial charge in [0.1, 0.15) is 17.7 Å². The van der Waals surface area contributed by atoms with Crippen LogP contribution in [0.1, 0.15) is 79.0 Å². The van der Waals surface area contributed by atoms with Crippen molar-refractivity contribution >= 4 is 17.9 Å². The number of hydrogen-bond donors (Lipinski definition) is 2. The molecule has 0 radical (unpaired) electrons. The Labute approximate surface area is 204 Å². The maximum absolute atomic E-state index is 14.0. The molecule has 1 aliphatic rings. The smallest absolute Gasteiger partial charge is 0.408 e. The molecule has 0 aromatic heterocycles. The Balaban J connectivity index is 2.54. The Morgan fingerprint density at radius 2 is 1.71 bits per heavy atom. The Bertz CT molecular complexity index is 942. The first-order valence-corrected chi connectivity index (χ1v) is 11.9. The van der Waals surface area contributed by atoms with Crippen LogP contribution >= 0.6 is 0 Å². The molecule has 4 unspecified atom stereocenters. The van der Waals surface area contributed by atoms with Crippen LogP contribution < -0.4 is 10.6 Å². The molecule has 1 aromatic carbocycles. The molecule has 0 spiro atoms.